The molecule has 0 fully saturated rings. The quantitative estimate of drug-likeness (QED) is 0.333. The number of carbonyl (C=O) groups is 1. The number of fused-ring (bicyclic) bond motifs is 1. The number of anilines is 1. The van der Waals surface area contributed by atoms with Gasteiger partial charge in [0.2, 0.25) is 0 Å². The molecule has 4 aromatic rings. The van der Waals surface area contributed by atoms with Crippen molar-refractivity contribution >= 4 is 44.4 Å². The summed E-state index contributed by atoms with van der Waals surface area (Å²) in [6.45, 7) is 6.81. The van der Waals surface area contributed by atoms with Crippen molar-refractivity contribution in [1.29, 1.82) is 0 Å². The molecule has 2 aromatic carbocycles. The summed E-state index contributed by atoms with van der Waals surface area (Å²) < 4.78 is 1.08. The van der Waals surface area contributed by atoms with Crippen LogP contribution >= 0.6 is 23.1 Å². The SMILES string of the molecule is Cc1ccc2nc(N(Cc3cccnc3)C(=O)c3ccc(SC(C)C)cc3)sc2c1. The van der Waals surface area contributed by atoms with E-state index < -0.39 is 0 Å². The largest absolute Gasteiger partial charge is 0.279 e. The van der Waals surface area contributed by atoms with Crippen LogP contribution < -0.4 is 4.90 Å². The molecule has 0 N–H and O–H groups in total. The highest BCUT2D eigenvalue weighted by Crippen LogP contribution is 2.32. The summed E-state index contributed by atoms with van der Waals surface area (Å²) in [6, 6.07) is 17.9. The van der Waals surface area contributed by atoms with Crippen molar-refractivity contribution < 1.29 is 4.79 Å². The summed E-state index contributed by atoms with van der Waals surface area (Å²) in [6.07, 6.45) is 3.53. The number of amides is 1. The molecule has 0 unspecified atom stereocenters. The average molecular weight is 434 g/mol. The molecule has 0 saturated heterocycles. The normalized spacial score (nSPS) is 11.2. The number of thiazole rings is 1. The lowest BCUT2D eigenvalue weighted by Gasteiger charge is -2.20. The number of nitrogens with zero attached hydrogens (tertiary/aromatic N) is 3. The minimum absolute atomic E-state index is 0.0595. The van der Waals surface area contributed by atoms with Gasteiger partial charge >= 0.3 is 0 Å². The van der Waals surface area contributed by atoms with Crippen LogP contribution in [0.3, 0.4) is 0 Å². The van der Waals surface area contributed by atoms with E-state index in [1.165, 1.54) is 5.56 Å². The molecule has 4 rings (SSSR count). The fraction of sp³-hybridized carbons (Fsp3) is 0.208. The molecule has 4 nitrogen and oxygen atoms in total. The first kappa shape index (κ1) is 20.6. The summed E-state index contributed by atoms with van der Waals surface area (Å²) in [5.74, 6) is -0.0595. The number of carbonyl (C=O) groups excluding carboxylic acids is 1. The molecule has 0 saturated carbocycles. The second-order valence-electron chi connectivity index (χ2n) is 7.41. The van der Waals surface area contributed by atoms with Crippen LogP contribution in [0.15, 0.2) is 71.9 Å². The van der Waals surface area contributed by atoms with E-state index in [0.717, 1.165) is 20.7 Å². The lowest BCUT2D eigenvalue weighted by molar-refractivity contribution is 0.0985. The first-order valence-electron chi connectivity index (χ1n) is 9.84. The molecular formula is C24H23N3OS2. The molecule has 0 spiro atoms. The Kier molecular flexibility index (Phi) is 6.16. The second kappa shape index (κ2) is 8.98. The van der Waals surface area contributed by atoms with Crippen molar-refractivity contribution in [2.45, 2.75) is 37.5 Å². The van der Waals surface area contributed by atoms with Gasteiger partial charge in [-0.05, 0) is 60.5 Å². The first-order valence-corrected chi connectivity index (χ1v) is 11.5. The lowest BCUT2D eigenvalue weighted by atomic mass is 10.2. The molecule has 0 bridgehead atoms. The summed E-state index contributed by atoms with van der Waals surface area (Å²) in [5, 5.41) is 1.20. The van der Waals surface area contributed by atoms with E-state index in [9.17, 15) is 4.79 Å². The number of thioether (sulfide) groups is 1. The third kappa shape index (κ3) is 4.71. The Morgan fingerprint density at radius 2 is 1.93 bits per heavy atom. The van der Waals surface area contributed by atoms with Gasteiger partial charge in [-0.3, -0.25) is 14.7 Å². The fourth-order valence-corrected chi connectivity index (χ4v) is 5.04. The molecule has 0 aliphatic heterocycles. The average Bonchev–Trinajstić information content (AvgIpc) is 3.15. The summed E-state index contributed by atoms with van der Waals surface area (Å²) in [5.41, 5.74) is 3.71. The predicted octanol–water partition coefficient (Wildman–Crippen LogP) is 6.35. The van der Waals surface area contributed by atoms with E-state index in [-0.39, 0.29) is 5.91 Å². The molecule has 2 heterocycles. The van der Waals surface area contributed by atoms with E-state index in [0.29, 0.717) is 22.5 Å². The fourth-order valence-electron chi connectivity index (χ4n) is 3.14. The number of benzene rings is 2. The molecule has 6 heteroatoms. The van der Waals surface area contributed by atoms with Crippen molar-refractivity contribution in [2.75, 3.05) is 4.90 Å². The Morgan fingerprint density at radius 1 is 1.13 bits per heavy atom. The Balaban J connectivity index is 1.69. The van der Waals surface area contributed by atoms with Gasteiger partial charge < -0.3 is 0 Å². The molecule has 2 aromatic heterocycles. The monoisotopic (exact) mass is 433 g/mol. The minimum atomic E-state index is -0.0595. The number of pyridine rings is 1. The Morgan fingerprint density at radius 3 is 2.63 bits per heavy atom. The van der Waals surface area contributed by atoms with Crippen LogP contribution in [0, 0.1) is 6.92 Å². The first-order chi connectivity index (χ1) is 14.5. The van der Waals surface area contributed by atoms with E-state index in [4.69, 9.17) is 4.98 Å². The summed E-state index contributed by atoms with van der Waals surface area (Å²) in [7, 11) is 0. The van der Waals surface area contributed by atoms with Crippen LogP contribution in [-0.4, -0.2) is 21.1 Å². The van der Waals surface area contributed by atoms with Crippen LogP contribution in [0.5, 0.6) is 0 Å². The van der Waals surface area contributed by atoms with Gasteiger partial charge in [-0.2, -0.15) is 0 Å². The van der Waals surface area contributed by atoms with Gasteiger partial charge in [-0.25, -0.2) is 4.98 Å². The van der Waals surface area contributed by atoms with Gasteiger partial charge in [-0.1, -0.05) is 37.3 Å². The molecule has 152 valence electrons. The van der Waals surface area contributed by atoms with Gasteiger partial charge in [0.1, 0.15) is 0 Å². The van der Waals surface area contributed by atoms with E-state index in [1.54, 1.807) is 40.4 Å². The smallest absolute Gasteiger partial charge is 0.260 e. The zero-order chi connectivity index (χ0) is 21.1. The maximum Gasteiger partial charge on any atom is 0.260 e. The minimum Gasteiger partial charge on any atom is -0.279 e. The number of rotatable bonds is 6. The van der Waals surface area contributed by atoms with Gasteiger partial charge in [0.15, 0.2) is 5.13 Å². The van der Waals surface area contributed by atoms with Gasteiger partial charge in [0.25, 0.3) is 5.91 Å². The van der Waals surface area contributed by atoms with Crippen LogP contribution in [0.2, 0.25) is 0 Å². The van der Waals surface area contributed by atoms with Crippen LogP contribution in [0.1, 0.15) is 35.3 Å². The van der Waals surface area contributed by atoms with Crippen LogP contribution in [0.4, 0.5) is 5.13 Å². The highest BCUT2D eigenvalue weighted by molar-refractivity contribution is 7.99. The molecular weight excluding hydrogens is 410 g/mol. The molecule has 0 aliphatic carbocycles. The van der Waals surface area contributed by atoms with Gasteiger partial charge in [0, 0.05) is 28.1 Å². The van der Waals surface area contributed by atoms with E-state index in [1.807, 2.05) is 48.5 Å². The Bertz CT molecular complexity index is 1150. The summed E-state index contributed by atoms with van der Waals surface area (Å²) in [4.78, 5) is 25.4. The predicted molar refractivity (Wildman–Crippen MR) is 127 cm³/mol. The van der Waals surface area contributed by atoms with E-state index in [2.05, 4.69) is 31.8 Å². The standard InChI is InChI=1S/C24H23N3OS2/c1-16(2)29-20-9-7-19(8-10-20)23(28)27(15-18-5-4-12-25-14-18)24-26-21-11-6-17(3)13-22(21)30-24/h4-14,16H,15H2,1-3H3. The highest BCUT2D eigenvalue weighted by Gasteiger charge is 2.22. The Hall–Kier alpha value is -2.70. The third-order valence-electron chi connectivity index (χ3n) is 4.55. The van der Waals surface area contributed by atoms with Crippen molar-refractivity contribution in [3.05, 3.63) is 83.7 Å². The maximum atomic E-state index is 13.5. The van der Waals surface area contributed by atoms with Crippen LogP contribution in [0.25, 0.3) is 10.2 Å². The number of aryl methyl sites for hydroxylation is 1. The molecule has 0 radical (unpaired) electrons. The number of hydrogen-bond acceptors (Lipinski definition) is 5. The van der Waals surface area contributed by atoms with E-state index >= 15 is 0 Å². The zero-order valence-corrected chi connectivity index (χ0v) is 18.8. The van der Waals surface area contributed by atoms with Crippen molar-refractivity contribution in [3.8, 4) is 0 Å². The lowest BCUT2D eigenvalue weighted by Crippen LogP contribution is -2.30. The third-order valence-corrected chi connectivity index (χ3v) is 6.60. The topological polar surface area (TPSA) is 46.1 Å². The van der Waals surface area contributed by atoms with Crippen molar-refractivity contribution in [2.24, 2.45) is 0 Å². The van der Waals surface area contributed by atoms with Crippen molar-refractivity contribution in [3.63, 3.8) is 0 Å². The Labute approximate surface area is 185 Å². The molecule has 0 atom stereocenters. The molecule has 1 amide bonds. The zero-order valence-electron chi connectivity index (χ0n) is 17.2. The maximum absolute atomic E-state index is 13.5. The number of aromatic nitrogens is 2. The van der Waals surface area contributed by atoms with Gasteiger partial charge in [-0.15, -0.1) is 11.8 Å². The number of hydrogen-bond donors (Lipinski definition) is 0. The van der Waals surface area contributed by atoms with Crippen LogP contribution in [-0.2, 0) is 6.54 Å². The molecule has 0 aliphatic rings. The second-order valence-corrected chi connectivity index (χ2v) is 10.1. The highest BCUT2D eigenvalue weighted by atomic mass is 32.2. The molecule has 30 heavy (non-hydrogen) atoms. The van der Waals surface area contributed by atoms with Gasteiger partial charge in [0.05, 0.1) is 16.8 Å². The summed E-state index contributed by atoms with van der Waals surface area (Å²) >= 11 is 3.33. The van der Waals surface area contributed by atoms with Crippen molar-refractivity contribution in [1.82, 2.24) is 9.97 Å².